The molecule has 0 saturated heterocycles. The van der Waals surface area contributed by atoms with Crippen LogP contribution in [0.25, 0.3) is 0 Å². The van der Waals surface area contributed by atoms with Gasteiger partial charge in [-0.2, -0.15) is 4.99 Å². The summed E-state index contributed by atoms with van der Waals surface area (Å²) in [7, 11) is 0. The number of guanidine groups is 2. The second-order valence-electron chi connectivity index (χ2n) is 7.15. The van der Waals surface area contributed by atoms with Gasteiger partial charge in [-0.1, -0.05) is 42.8 Å². The predicted octanol–water partition coefficient (Wildman–Crippen LogP) is 3.17. The lowest BCUT2D eigenvalue weighted by molar-refractivity contribution is 0.103. The van der Waals surface area contributed by atoms with E-state index in [4.69, 9.17) is 11.5 Å². The molecule has 2 aromatic carbocycles. The first-order chi connectivity index (χ1) is 13.5. The van der Waals surface area contributed by atoms with Gasteiger partial charge in [0.1, 0.15) is 11.5 Å². The Kier molecular flexibility index (Phi) is 4.58. The van der Waals surface area contributed by atoms with Crippen molar-refractivity contribution in [3.8, 4) is 0 Å². The van der Waals surface area contributed by atoms with Gasteiger partial charge in [-0.3, -0.25) is 9.69 Å². The van der Waals surface area contributed by atoms with Crippen molar-refractivity contribution in [3.05, 3.63) is 65.5 Å². The summed E-state index contributed by atoms with van der Waals surface area (Å²) in [4.78, 5) is 23.4. The van der Waals surface area contributed by atoms with Crippen LogP contribution in [0.2, 0.25) is 0 Å². The molecule has 0 unspecified atom stereocenters. The molecule has 4 rings (SSSR count). The van der Waals surface area contributed by atoms with E-state index in [1.807, 2.05) is 6.07 Å². The van der Waals surface area contributed by atoms with Gasteiger partial charge in [0.05, 0.1) is 5.69 Å². The van der Waals surface area contributed by atoms with Crippen LogP contribution in [0.4, 0.5) is 10.1 Å². The number of rotatable bonds is 3. The highest BCUT2D eigenvalue weighted by Gasteiger charge is 2.44. The van der Waals surface area contributed by atoms with Crippen LogP contribution in [0.5, 0.6) is 0 Å². The number of carbonyl (C=O) groups is 1. The quantitative estimate of drug-likeness (QED) is 0.801. The number of benzene rings is 2. The third-order valence-electron chi connectivity index (χ3n) is 5.34. The zero-order valence-corrected chi connectivity index (χ0v) is 15.4. The summed E-state index contributed by atoms with van der Waals surface area (Å²) >= 11 is 0. The molecule has 144 valence electrons. The number of nitrogens with two attached hydrogens (primary N) is 2. The smallest absolute Gasteiger partial charge is 0.220 e. The third-order valence-corrected chi connectivity index (χ3v) is 5.34. The lowest BCUT2D eigenvalue weighted by atomic mass is 9.86. The fourth-order valence-electron chi connectivity index (χ4n) is 4.12. The van der Waals surface area contributed by atoms with Gasteiger partial charge in [0.15, 0.2) is 5.78 Å². The lowest BCUT2D eigenvalue weighted by Crippen LogP contribution is -2.59. The molecule has 7 heteroatoms. The average molecular weight is 379 g/mol. The van der Waals surface area contributed by atoms with Gasteiger partial charge in [0.25, 0.3) is 0 Å². The fourth-order valence-corrected chi connectivity index (χ4v) is 4.12. The van der Waals surface area contributed by atoms with Crippen molar-refractivity contribution >= 4 is 23.4 Å². The summed E-state index contributed by atoms with van der Waals surface area (Å²) in [5.41, 5.74) is 12.1. The highest BCUT2D eigenvalue weighted by Crippen LogP contribution is 2.41. The maximum Gasteiger partial charge on any atom is 0.220 e. The molecule has 4 N–H and O–H groups in total. The van der Waals surface area contributed by atoms with Crippen molar-refractivity contribution in [3.63, 3.8) is 0 Å². The van der Waals surface area contributed by atoms with Crippen molar-refractivity contribution < 1.29 is 9.18 Å². The highest BCUT2D eigenvalue weighted by molar-refractivity contribution is 6.15. The molecule has 6 nitrogen and oxygen atoms in total. The molecule has 1 fully saturated rings. The Bertz CT molecular complexity index is 964. The number of carbonyl (C=O) groups excluding carboxylic acids is 1. The molecule has 1 spiro atoms. The standard InChI is InChI=1S/C21H22FN5O/c22-16-11-7-10-15(18(28)14-8-3-1-4-9-14)17(16)27-20(24)25-19(23)26-21(27)12-5-2-6-13-21/h1,3-4,7-11H,2,5-6,12-13H2,(H4,23,24,25,26). The van der Waals surface area contributed by atoms with Crippen LogP contribution < -0.4 is 16.4 Å². The fraction of sp³-hybridized carbons (Fsp3) is 0.286. The Morgan fingerprint density at radius 1 is 1.00 bits per heavy atom. The van der Waals surface area contributed by atoms with Crippen molar-refractivity contribution in [2.75, 3.05) is 4.90 Å². The van der Waals surface area contributed by atoms with Crippen LogP contribution in [0.15, 0.2) is 58.5 Å². The molecule has 0 bridgehead atoms. The van der Waals surface area contributed by atoms with E-state index in [1.54, 1.807) is 35.2 Å². The molecule has 28 heavy (non-hydrogen) atoms. The minimum atomic E-state index is -0.817. The molecule has 0 aromatic heterocycles. The van der Waals surface area contributed by atoms with Crippen LogP contribution in [0.1, 0.15) is 48.0 Å². The molecule has 1 heterocycles. The minimum absolute atomic E-state index is 0.0570. The summed E-state index contributed by atoms with van der Waals surface area (Å²) in [6.07, 6.45) is 4.22. The molecule has 1 aliphatic heterocycles. The number of para-hydroxylation sites is 1. The predicted molar refractivity (Wildman–Crippen MR) is 108 cm³/mol. The third kappa shape index (κ3) is 3.02. The van der Waals surface area contributed by atoms with E-state index in [0.29, 0.717) is 18.4 Å². The number of anilines is 1. The first-order valence-electron chi connectivity index (χ1n) is 9.40. The van der Waals surface area contributed by atoms with E-state index in [9.17, 15) is 4.79 Å². The Hall–Kier alpha value is -3.22. The molecule has 1 saturated carbocycles. The van der Waals surface area contributed by atoms with Gasteiger partial charge in [-0.05, 0) is 37.8 Å². The van der Waals surface area contributed by atoms with Crippen molar-refractivity contribution in [2.45, 2.75) is 37.8 Å². The SMILES string of the molecule is NC1=NC2(CCCCC2)N(c2c(F)cccc2C(=O)c2ccccc2)C(N)=N1. The molecular formula is C21H22FN5O. The molecule has 2 aliphatic rings. The summed E-state index contributed by atoms with van der Waals surface area (Å²) in [5.74, 6) is -0.679. The van der Waals surface area contributed by atoms with Crippen molar-refractivity contribution in [1.82, 2.24) is 0 Å². The van der Waals surface area contributed by atoms with Crippen LogP contribution >= 0.6 is 0 Å². The van der Waals surface area contributed by atoms with Crippen molar-refractivity contribution in [2.24, 2.45) is 21.5 Å². The zero-order chi connectivity index (χ0) is 19.7. The van der Waals surface area contributed by atoms with Crippen LogP contribution in [-0.2, 0) is 0 Å². The van der Waals surface area contributed by atoms with Gasteiger partial charge >= 0.3 is 0 Å². The van der Waals surface area contributed by atoms with E-state index in [0.717, 1.165) is 19.3 Å². The average Bonchev–Trinajstić information content (AvgIpc) is 2.69. The lowest BCUT2D eigenvalue weighted by Gasteiger charge is -2.46. The summed E-state index contributed by atoms with van der Waals surface area (Å²) in [5, 5.41) is 0. The Morgan fingerprint density at radius 3 is 2.43 bits per heavy atom. The van der Waals surface area contributed by atoms with Gasteiger partial charge in [0, 0.05) is 11.1 Å². The largest absolute Gasteiger partial charge is 0.369 e. The Labute approximate surface area is 162 Å². The summed E-state index contributed by atoms with van der Waals surface area (Å²) in [6.45, 7) is 0. The van der Waals surface area contributed by atoms with Gasteiger partial charge in [-0.15, -0.1) is 0 Å². The number of ketones is 1. The summed E-state index contributed by atoms with van der Waals surface area (Å²) in [6, 6.07) is 13.2. The maximum atomic E-state index is 15.1. The first-order valence-corrected chi connectivity index (χ1v) is 9.40. The number of hydrogen-bond acceptors (Lipinski definition) is 6. The molecule has 1 aliphatic carbocycles. The van der Waals surface area contributed by atoms with E-state index >= 15 is 4.39 Å². The van der Waals surface area contributed by atoms with Gasteiger partial charge < -0.3 is 11.5 Å². The minimum Gasteiger partial charge on any atom is -0.369 e. The van der Waals surface area contributed by atoms with Crippen LogP contribution in [-0.4, -0.2) is 23.4 Å². The van der Waals surface area contributed by atoms with E-state index in [1.165, 1.54) is 12.1 Å². The van der Waals surface area contributed by atoms with E-state index in [2.05, 4.69) is 9.98 Å². The normalized spacial score (nSPS) is 18.5. The van der Waals surface area contributed by atoms with E-state index < -0.39 is 11.5 Å². The Morgan fingerprint density at radius 2 is 1.71 bits per heavy atom. The van der Waals surface area contributed by atoms with Crippen molar-refractivity contribution in [1.29, 1.82) is 0 Å². The van der Waals surface area contributed by atoms with Crippen LogP contribution in [0.3, 0.4) is 0 Å². The maximum absolute atomic E-state index is 15.1. The molecule has 2 aromatic rings. The molecular weight excluding hydrogens is 357 g/mol. The summed E-state index contributed by atoms with van der Waals surface area (Å²) < 4.78 is 15.1. The monoisotopic (exact) mass is 379 g/mol. The Balaban J connectivity index is 1.88. The zero-order valence-electron chi connectivity index (χ0n) is 15.4. The number of halogens is 1. The number of nitrogens with zero attached hydrogens (tertiary/aromatic N) is 3. The second-order valence-corrected chi connectivity index (χ2v) is 7.15. The molecule has 0 atom stereocenters. The molecule has 0 radical (unpaired) electrons. The van der Waals surface area contributed by atoms with Gasteiger partial charge in [0.2, 0.25) is 11.9 Å². The van der Waals surface area contributed by atoms with Gasteiger partial charge in [-0.25, -0.2) is 9.38 Å². The highest BCUT2D eigenvalue weighted by atomic mass is 19.1. The first kappa shape index (κ1) is 18.2. The second kappa shape index (κ2) is 7.07. The van der Waals surface area contributed by atoms with Crippen LogP contribution in [0, 0.1) is 5.82 Å². The van der Waals surface area contributed by atoms with E-state index in [-0.39, 0.29) is 29.0 Å². The molecule has 0 amide bonds. The number of aliphatic imine (C=N–C) groups is 2. The topological polar surface area (TPSA) is 97.1 Å². The number of hydrogen-bond donors (Lipinski definition) is 2.